The molecule has 0 saturated carbocycles. The molecule has 1 saturated heterocycles. The van der Waals surface area contributed by atoms with Gasteiger partial charge in [-0.05, 0) is 24.3 Å². The second kappa shape index (κ2) is 3.97. The first-order chi connectivity index (χ1) is 5.92. The van der Waals surface area contributed by atoms with Crippen molar-refractivity contribution in [3.63, 3.8) is 0 Å². The number of hydrogen-bond donors (Lipinski definition) is 1. The first-order valence-electron chi connectivity index (χ1n) is 5.32. The summed E-state index contributed by atoms with van der Waals surface area (Å²) in [6.45, 7) is 11.9. The van der Waals surface area contributed by atoms with Crippen LogP contribution in [0, 0.1) is 11.3 Å². The smallest absolute Gasteiger partial charge is 0.0718 e. The van der Waals surface area contributed by atoms with Crippen molar-refractivity contribution in [1.29, 1.82) is 0 Å². The third-order valence-electron chi connectivity index (χ3n) is 3.03. The van der Waals surface area contributed by atoms with Crippen LogP contribution in [0.5, 0.6) is 0 Å². The SMILES string of the molecule is CC(C)CN1CCC(C)(C)C(O)C1. The van der Waals surface area contributed by atoms with Gasteiger partial charge in [-0.2, -0.15) is 0 Å². The Hall–Kier alpha value is -0.0800. The van der Waals surface area contributed by atoms with Crippen LogP contribution in [0.15, 0.2) is 0 Å². The van der Waals surface area contributed by atoms with Gasteiger partial charge >= 0.3 is 0 Å². The zero-order valence-electron chi connectivity index (χ0n) is 9.38. The van der Waals surface area contributed by atoms with Crippen molar-refractivity contribution in [1.82, 2.24) is 4.90 Å². The fourth-order valence-corrected chi connectivity index (χ4v) is 1.88. The number of β-amino-alcohol motifs (C(OH)–C–C–N with tert-alkyl or cyclic N) is 1. The van der Waals surface area contributed by atoms with E-state index in [2.05, 4.69) is 32.6 Å². The molecule has 2 nitrogen and oxygen atoms in total. The maximum Gasteiger partial charge on any atom is 0.0718 e. The predicted molar refractivity (Wildman–Crippen MR) is 55.7 cm³/mol. The highest BCUT2D eigenvalue weighted by molar-refractivity contribution is 4.86. The molecule has 13 heavy (non-hydrogen) atoms. The predicted octanol–water partition coefficient (Wildman–Crippen LogP) is 1.74. The Kier molecular flexibility index (Phi) is 3.36. The van der Waals surface area contributed by atoms with E-state index in [1.807, 2.05) is 0 Å². The van der Waals surface area contributed by atoms with Crippen molar-refractivity contribution >= 4 is 0 Å². The van der Waals surface area contributed by atoms with E-state index in [9.17, 15) is 5.11 Å². The van der Waals surface area contributed by atoms with Crippen LogP contribution in [0.2, 0.25) is 0 Å². The van der Waals surface area contributed by atoms with Crippen LogP contribution in [0.1, 0.15) is 34.1 Å². The summed E-state index contributed by atoms with van der Waals surface area (Å²) in [5.41, 5.74) is 0.119. The molecule has 0 radical (unpaired) electrons. The molecule has 1 aliphatic heterocycles. The molecule has 1 atom stereocenters. The van der Waals surface area contributed by atoms with Crippen molar-refractivity contribution in [2.45, 2.75) is 40.2 Å². The van der Waals surface area contributed by atoms with Crippen molar-refractivity contribution < 1.29 is 5.11 Å². The molecular weight excluding hydrogens is 162 g/mol. The van der Waals surface area contributed by atoms with E-state index in [4.69, 9.17) is 0 Å². The minimum atomic E-state index is -0.153. The molecule has 1 heterocycles. The van der Waals surface area contributed by atoms with Gasteiger partial charge in [-0.15, -0.1) is 0 Å². The Labute approximate surface area is 81.9 Å². The molecule has 0 aromatic heterocycles. The topological polar surface area (TPSA) is 23.5 Å². The van der Waals surface area contributed by atoms with Crippen LogP contribution < -0.4 is 0 Å². The molecule has 1 N–H and O–H groups in total. The molecule has 2 heteroatoms. The molecule has 1 unspecified atom stereocenters. The molecule has 0 aromatic rings. The molecular formula is C11H23NO. The molecule has 1 fully saturated rings. The van der Waals surface area contributed by atoms with Crippen molar-refractivity contribution in [2.24, 2.45) is 11.3 Å². The number of hydrogen-bond acceptors (Lipinski definition) is 2. The van der Waals surface area contributed by atoms with Crippen molar-refractivity contribution in [3.8, 4) is 0 Å². The van der Waals surface area contributed by atoms with Crippen LogP contribution in [0.4, 0.5) is 0 Å². The molecule has 1 aliphatic rings. The van der Waals surface area contributed by atoms with E-state index in [0.29, 0.717) is 5.92 Å². The number of aliphatic hydroxyl groups excluding tert-OH is 1. The summed E-state index contributed by atoms with van der Waals surface area (Å²) in [5, 5.41) is 9.88. The maximum absolute atomic E-state index is 9.88. The number of piperidine rings is 1. The average Bonchev–Trinajstić information content (AvgIpc) is 1.97. The van der Waals surface area contributed by atoms with Gasteiger partial charge in [0, 0.05) is 13.1 Å². The van der Waals surface area contributed by atoms with Gasteiger partial charge in [0.1, 0.15) is 0 Å². The lowest BCUT2D eigenvalue weighted by atomic mass is 9.80. The van der Waals surface area contributed by atoms with Crippen LogP contribution in [-0.2, 0) is 0 Å². The minimum Gasteiger partial charge on any atom is -0.391 e. The Morgan fingerprint density at radius 2 is 2.08 bits per heavy atom. The monoisotopic (exact) mass is 185 g/mol. The molecule has 78 valence electrons. The van der Waals surface area contributed by atoms with Crippen molar-refractivity contribution in [2.75, 3.05) is 19.6 Å². The lowest BCUT2D eigenvalue weighted by Crippen LogP contribution is -2.49. The molecule has 0 aliphatic carbocycles. The third kappa shape index (κ3) is 2.96. The molecule has 1 rings (SSSR count). The molecule has 0 spiro atoms. The Bertz CT molecular complexity index is 165. The highest BCUT2D eigenvalue weighted by Crippen LogP contribution is 2.30. The second-order valence-corrected chi connectivity index (χ2v) is 5.41. The van der Waals surface area contributed by atoms with Crippen LogP contribution in [0.3, 0.4) is 0 Å². The summed E-state index contributed by atoms with van der Waals surface area (Å²) in [6.07, 6.45) is 0.959. The quantitative estimate of drug-likeness (QED) is 0.708. The Morgan fingerprint density at radius 3 is 2.54 bits per heavy atom. The van der Waals surface area contributed by atoms with Gasteiger partial charge in [0.05, 0.1) is 6.10 Å². The Balaban J connectivity index is 2.42. The zero-order chi connectivity index (χ0) is 10.1. The number of likely N-dealkylation sites (tertiary alicyclic amines) is 1. The van der Waals surface area contributed by atoms with Gasteiger partial charge in [0.15, 0.2) is 0 Å². The van der Waals surface area contributed by atoms with Gasteiger partial charge in [-0.1, -0.05) is 27.7 Å². The summed E-state index contributed by atoms with van der Waals surface area (Å²) in [7, 11) is 0. The number of aliphatic hydroxyl groups is 1. The van der Waals surface area contributed by atoms with Gasteiger partial charge in [-0.3, -0.25) is 0 Å². The highest BCUT2D eigenvalue weighted by atomic mass is 16.3. The van der Waals surface area contributed by atoms with Crippen LogP contribution in [-0.4, -0.2) is 35.7 Å². The van der Waals surface area contributed by atoms with E-state index in [0.717, 1.165) is 26.1 Å². The standard InChI is InChI=1S/C11H23NO/c1-9(2)7-12-6-5-11(3,4)10(13)8-12/h9-10,13H,5-8H2,1-4H3. The highest BCUT2D eigenvalue weighted by Gasteiger charge is 2.33. The Morgan fingerprint density at radius 1 is 1.46 bits per heavy atom. The van der Waals surface area contributed by atoms with Gasteiger partial charge in [0.25, 0.3) is 0 Å². The van der Waals surface area contributed by atoms with E-state index < -0.39 is 0 Å². The number of rotatable bonds is 2. The molecule has 0 amide bonds. The summed E-state index contributed by atoms with van der Waals surface area (Å²) in [5.74, 6) is 0.702. The second-order valence-electron chi connectivity index (χ2n) is 5.41. The molecule has 0 bridgehead atoms. The molecule has 0 aromatic carbocycles. The van der Waals surface area contributed by atoms with E-state index >= 15 is 0 Å². The van der Waals surface area contributed by atoms with E-state index in [1.165, 1.54) is 0 Å². The summed E-state index contributed by atoms with van der Waals surface area (Å²) in [4.78, 5) is 2.38. The summed E-state index contributed by atoms with van der Waals surface area (Å²) in [6, 6.07) is 0. The number of nitrogens with zero attached hydrogens (tertiary/aromatic N) is 1. The normalized spacial score (nSPS) is 29.5. The third-order valence-corrected chi connectivity index (χ3v) is 3.03. The van der Waals surface area contributed by atoms with Gasteiger partial charge in [-0.25, -0.2) is 0 Å². The lowest BCUT2D eigenvalue weighted by Gasteiger charge is -2.41. The van der Waals surface area contributed by atoms with E-state index in [1.54, 1.807) is 0 Å². The van der Waals surface area contributed by atoms with Crippen LogP contribution in [0.25, 0.3) is 0 Å². The fourth-order valence-electron chi connectivity index (χ4n) is 1.88. The summed E-state index contributed by atoms with van der Waals surface area (Å²) >= 11 is 0. The zero-order valence-corrected chi connectivity index (χ0v) is 9.38. The minimum absolute atomic E-state index is 0.119. The first-order valence-corrected chi connectivity index (χ1v) is 5.32. The van der Waals surface area contributed by atoms with E-state index in [-0.39, 0.29) is 11.5 Å². The largest absolute Gasteiger partial charge is 0.391 e. The average molecular weight is 185 g/mol. The first kappa shape index (κ1) is 11.0. The van der Waals surface area contributed by atoms with Gasteiger partial charge in [0.2, 0.25) is 0 Å². The fraction of sp³-hybridized carbons (Fsp3) is 1.00. The maximum atomic E-state index is 9.88. The van der Waals surface area contributed by atoms with Crippen molar-refractivity contribution in [3.05, 3.63) is 0 Å². The van der Waals surface area contributed by atoms with Crippen LogP contribution >= 0.6 is 0 Å². The van der Waals surface area contributed by atoms with Gasteiger partial charge < -0.3 is 10.0 Å². The lowest BCUT2D eigenvalue weighted by molar-refractivity contribution is -0.0281. The summed E-state index contributed by atoms with van der Waals surface area (Å²) < 4.78 is 0.